The first-order valence-electron chi connectivity index (χ1n) is 5.98. The third-order valence-electron chi connectivity index (χ3n) is 2.70. The highest BCUT2D eigenvalue weighted by molar-refractivity contribution is 7.09. The van der Waals surface area contributed by atoms with Crippen LogP contribution in [0, 0.1) is 0 Å². The molecular formula is C12H14ClN5OS. The normalized spacial score (nSPS) is 11.9. The Morgan fingerprint density at radius 2 is 2.35 bits per heavy atom. The molecule has 0 saturated carbocycles. The van der Waals surface area contributed by atoms with Gasteiger partial charge >= 0.3 is 0 Å². The fourth-order valence-corrected chi connectivity index (χ4v) is 2.65. The predicted molar refractivity (Wildman–Crippen MR) is 79.7 cm³/mol. The second-order valence-corrected chi connectivity index (χ2v) is 5.34. The molecule has 0 bridgehead atoms. The quantitative estimate of drug-likeness (QED) is 0.582. The molecule has 0 aliphatic heterocycles. The molecule has 0 fully saturated rings. The minimum Gasteiger partial charge on any atom is -0.343 e. The lowest BCUT2D eigenvalue weighted by Crippen LogP contribution is -2.28. The van der Waals surface area contributed by atoms with E-state index in [0.717, 1.165) is 11.4 Å². The smallest absolute Gasteiger partial charge is 0.253 e. The number of pyridine rings is 1. The highest BCUT2D eigenvalue weighted by atomic mass is 35.5. The highest BCUT2D eigenvalue weighted by Crippen LogP contribution is 2.21. The number of nitrogens with two attached hydrogens (primary N) is 1. The minimum absolute atomic E-state index is 0.117. The van der Waals surface area contributed by atoms with Crippen LogP contribution < -0.4 is 16.6 Å². The molecule has 20 heavy (non-hydrogen) atoms. The summed E-state index contributed by atoms with van der Waals surface area (Å²) in [5.41, 5.74) is 2.73. The predicted octanol–water partition coefficient (Wildman–Crippen LogP) is 2.36. The molecule has 0 radical (unpaired) electrons. The van der Waals surface area contributed by atoms with Crippen molar-refractivity contribution in [1.82, 2.24) is 15.3 Å². The number of hydrazine groups is 1. The van der Waals surface area contributed by atoms with Gasteiger partial charge in [-0.1, -0.05) is 18.5 Å². The van der Waals surface area contributed by atoms with Crippen molar-refractivity contribution in [1.29, 1.82) is 0 Å². The number of rotatable bonds is 5. The Kier molecular flexibility index (Phi) is 4.89. The van der Waals surface area contributed by atoms with Crippen LogP contribution in [0.15, 0.2) is 23.8 Å². The Balaban J connectivity index is 2.13. The molecule has 2 rings (SSSR count). The number of nitrogens with zero attached hydrogens (tertiary/aromatic N) is 2. The van der Waals surface area contributed by atoms with Gasteiger partial charge in [-0.15, -0.1) is 11.3 Å². The first-order valence-corrected chi connectivity index (χ1v) is 7.23. The third kappa shape index (κ3) is 3.24. The number of halogens is 1. The van der Waals surface area contributed by atoms with E-state index in [4.69, 9.17) is 17.4 Å². The van der Waals surface area contributed by atoms with Crippen LogP contribution in [-0.2, 0) is 0 Å². The van der Waals surface area contributed by atoms with Gasteiger partial charge in [0.05, 0.1) is 16.6 Å². The first kappa shape index (κ1) is 14.7. The summed E-state index contributed by atoms with van der Waals surface area (Å²) in [5.74, 6) is 5.32. The molecule has 8 heteroatoms. The summed E-state index contributed by atoms with van der Waals surface area (Å²) in [7, 11) is 0. The number of aromatic nitrogens is 2. The van der Waals surface area contributed by atoms with E-state index in [-0.39, 0.29) is 11.9 Å². The summed E-state index contributed by atoms with van der Waals surface area (Å²) >= 11 is 7.46. The summed E-state index contributed by atoms with van der Waals surface area (Å²) < 4.78 is 0. The van der Waals surface area contributed by atoms with Gasteiger partial charge in [-0.25, -0.2) is 15.8 Å². The van der Waals surface area contributed by atoms with Crippen molar-refractivity contribution in [3.63, 3.8) is 0 Å². The van der Waals surface area contributed by atoms with E-state index in [1.807, 2.05) is 12.3 Å². The molecule has 0 saturated heterocycles. The number of carbonyl (C=O) groups is 1. The van der Waals surface area contributed by atoms with Crippen molar-refractivity contribution in [2.24, 2.45) is 5.84 Å². The number of nitrogens with one attached hydrogen (secondary N) is 2. The van der Waals surface area contributed by atoms with Crippen molar-refractivity contribution < 1.29 is 4.79 Å². The summed E-state index contributed by atoms with van der Waals surface area (Å²) in [5, 5.41) is 5.96. The number of nitrogen functional groups attached to an aromatic ring is 1. The molecule has 6 nitrogen and oxygen atoms in total. The van der Waals surface area contributed by atoms with Crippen LogP contribution in [-0.4, -0.2) is 15.9 Å². The van der Waals surface area contributed by atoms with Crippen LogP contribution in [0.5, 0.6) is 0 Å². The summed E-state index contributed by atoms with van der Waals surface area (Å²) in [6.45, 7) is 1.99. The second kappa shape index (κ2) is 6.65. The summed E-state index contributed by atoms with van der Waals surface area (Å²) in [6, 6.07) is 1.40. The zero-order valence-electron chi connectivity index (χ0n) is 10.8. The summed E-state index contributed by atoms with van der Waals surface area (Å²) in [4.78, 5) is 20.4. The fourth-order valence-electron chi connectivity index (χ4n) is 1.65. The molecule has 1 atom stereocenters. The standard InChI is InChI=1S/C12H14ClN5OS/c1-2-9(12-15-3-4-20-12)17-11(19)7-5-8(13)10(18-14)16-6-7/h3-6,9H,2,14H2,1H3,(H,16,18)(H,17,19). The molecule has 2 heterocycles. The third-order valence-corrected chi connectivity index (χ3v) is 3.88. The van der Waals surface area contributed by atoms with Gasteiger partial charge in [0.15, 0.2) is 5.82 Å². The number of hydrogen-bond donors (Lipinski definition) is 3. The molecule has 0 aliphatic rings. The molecule has 106 valence electrons. The Labute approximate surface area is 125 Å². The number of carbonyl (C=O) groups excluding carboxylic acids is 1. The van der Waals surface area contributed by atoms with Crippen LogP contribution in [0.2, 0.25) is 5.02 Å². The highest BCUT2D eigenvalue weighted by Gasteiger charge is 2.17. The zero-order chi connectivity index (χ0) is 14.5. The first-order chi connectivity index (χ1) is 9.65. The maximum Gasteiger partial charge on any atom is 0.253 e. The second-order valence-electron chi connectivity index (χ2n) is 4.00. The molecular weight excluding hydrogens is 298 g/mol. The number of hydrogen-bond acceptors (Lipinski definition) is 6. The van der Waals surface area contributed by atoms with Crippen molar-refractivity contribution in [3.05, 3.63) is 39.4 Å². The Bertz CT molecular complexity index is 590. The lowest BCUT2D eigenvalue weighted by atomic mass is 10.2. The average Bonchev–Trinajstić information content (AvgIpc) is 2.98. The van der Waals surface area contributed by atoms with E-state index in [9.17, 15) is 4.79 Å². The maximum absolute atomic E-state index is 12.2. The molecule has 0 spiro atoms. The van der Waals surface area contributed by atoms with E-state index in [0.29, 0.717) is 16.4 Å². The number of amides is 1. The molecule has 1 amide bonds. The Morgan fingerprint density at radius 1 is 1.55 bits per heavy atom. The van der Waals surface area contributed by atoms with Gasteiger partial charge in [-0.3, -0.25) is 4.79 Å². The van der Waals surface area contributed by atoms with Crippen LogP contribution in [0.1, 0.15) is 34.8 Å². The number of anilines is 1. The average molecular weight is 312 g/mol. The van der Waals surface area contributed by atoms with Gasteiger partial charge in [0.2, 0.25) is 0 Å². The van der Waals surface area contributed by atoms with Crippen LogP contribution in [0.3, 0.4) is 0 Å². The summed E-state index contributed by atoms with van der Waals surface area (Å²) in [6.07, 6.45) is 3.89. The van der Waals surface area contributed by atoms with Crippen molar-refractivity contribution in [3.8, 4) is 0 Å². The minimum atomic E-state index is -0.245. The molecule has 4 N–H and O–H groups in total. The largest absolute Gasteiger partial charge is 0.343 e. The lowest BCUT2D eigenvalue weighted by molar-refractivity contribution is 0.0935. The Hall–Kier alpha value is -1.70. The number of thiazole rings is 1. The zero-order valence-corrected chi connectivity index (χ0v) is 12.3. The lowest BCUT2D eigenvalue weighted by Gasteiger charge is -2.14. The monoisotopic (exact) mass is 311 g/mol. The van der Waals surface area contributed by atoms with Gasteiger partial charge in [-0.2, -0.15) is 0 Å². The van der Waals surface area contributed by atoms with E-state index < -0.39 is 0 Å². The van der Waals surface area contributed by atoms with E-state index in [2.05, 4.69) is 20.7 Å². The fraction of sp³-hybridized carbons (Fsp3) is 0.250. The van der Waals surface area contributed by atoms with Crippen molar-refractivity contribution in [2.75, 3.05) is 5.43 Å². The van der Waals surface area contributed by atoms with Crippen molar-refractivity contribution >= 4 is 34.7 Å². The van der Waals surface area contributed by atoms with Gasteiger partial charge in [0.25, 0.3) is 5.91 Å². The molecule has 0 aromatic carbocycles. The topological polar surface area (TPSA) is 92.9 Å². The molecule has 2 aromatic heterocycles. The maximum atomic E-state index is 12.2. The van der Waals surface area contributed by atoms with Crippen molar-refractivity contribution in [2.45, 2.75) is 19.4 Å². The Morgan fingerprint density at radius 3 is 2.90 bits per heavy atom. The van der Waals surface area contributed by atoms with Crippen LogP contribution in [0.25, 0.3) is 0 Å². The van der Waals surface area contributed by atoms with E-state index in [1.54, 1.807) is 6.20 Å². The molecule has 1 unspecified atom stereocenters. The van der Waals surface area contributed by atoms with Gasteiger partial charge in [-0.05, 0) is 12.5 Å². The SMILES string of the molecule is CCC(NC(=O)c1cnc(NN)c(Cl)c1)c1nccs1. The van der Waals surface area contributed by atoms with Gasteiger partial charge < -0.3 is 10.7 Å². The molecule has 0 aliphatic carbocycles. The van der Waals surface area contributed by atoms with Crippen LogP contribution >= 0.6 is 22.9 Å². The van der Waals surface area contributed by atoms with Gasteiger partial charge in [0, 0.05) is 17.8 Å². The van der Waals surface area contributed by atoms with Crippen LogP contribution in [0.4, 0.5) is 5.82 Å². The molecule has 2 aromatic rings. The van der Waals surface area contributed by atoms with E-state index >= 15 is 0 Å². The van der Waals surface area contributed by atoms with E-state index in [1.165, 1.54) is 23.6 Å². The van der Waals surface area contributed by atoms with Gasteiger partial charge in [0.1, 0.15) is 5.01 Å².